The molecule has 0 bridgehead atoms. The minimum atomic E-state index is -3.75. The number of hydrogen-bond donors (Lipinski definition) is 2. The Balaban J connectivity index is 4.29. The molecule has 5 heteroatoms. The molecular weight excluding hydrogens is 130 g/mol. The number of aliphatic hydroxyl groups is 1. The largest absolute Gasteiger partial charge is 0.385 e. The lowest BCUT2D eigenvalue weighted by Crippen LogP contribution is -2.13. The van der Waals surface area contributed by atoms with Crippen molar-refractivity contribution in [2.24, 2.45) is 5.14 Å². The second-order valence-electron chi connectivity index (χ2n) is 1.14. The van der Waals surface area contributed by atoms with Gasteiger partial charge in [0.1, 0.15) is 6.61 Å². The molecule has 0 aromatic heterocycles. The highest BCUT2D eigenvalue weighted by Crippen LogP contribution is 1.97. The minimum Gasteiger partial charge on any atom is -0.385 e. The summed E-state index contributed by atoms with van der Waals surface area (Å²) in [5.74, 6) is 0. The van der Waals surface area contributed by atoms with Gasteiger partial charge in [0.2, 0.25) is 10.0 Å². The van der Waals surface area contributed by atoms with Crippen molar-refractivity contribution in [2.75, 3.05) is 0 Å². The quantitative estimate of drug-likeness (QED) is 0.528. The number of nitrogens with two attached hydrogens (primary N) is 1. The van der Waals surface area contributed by atoms with Crippen molar-refractivity contribution in [3.63, 3.8) is 0 Å². The number of primary sulfonamides is 1. The zero-order chi connectivity index (χ0) is 6.78. The highest BCUT2D eigenvalue weighted by Gasteiger charge is 2.05. The van der Waals surface area contributed by atoms with Gasteiger partial charge in [-0.15, -0.1) is 0 Å². The molecule has 0 unspecified atom stereocenters. The van der Waals surface area contributed by atoms with Gasteiger partial charge in [-0.1, -0.05) is 6.58 Å². The zero-order valence-corrected chi connectivity index (χ0v) is 4.85. The first-order chi connectivity index (χ1) is 3.48. The van der Waals surface area contributed by atoms with Gasteiger partial charge in [-0.05, 0) is 0 Å². The Morgan fingerprint density at radius 3 is 2.12 bits per heavy atom. The van der Waals surface area contributed by atoms with Gasteiger partial charge in [0.15, 0.2) is 0 Å². The van der Waals surface area contributed by atoms with Crippen LogP contribution in [0.3, 0.4) is 0 Å². The van der Waals surface area contributed by atoms with Crippen LogP contribution in [0.4, 0.5) is 0 Å². The molecule has 4 nitrogen and oxygen atoms in total. The molecule has 0 saturated carbocycles. The summed E-state index contributed by atoms with van der Waals surface area (Å²) in [5, 5.41) is 12.5. The van der Waals surface area contributed by atoms with Crippen LogP contribution in [-0.4, -0.2) is 13.5 Å². The van der Waals surface area contributed by atoms with Gasteiger partial charge < -0.3 is 5.11 Å². The summed E-state index contributed by atoms with van der Waals surface area (Å²) in [6, 6.07) is 0. The first-order valence-electron chi connectivity index (χ1n) is 1.67. The summed E-state index contributed by atoms with van der Waals surface area (Å²) in [5.41, 5.74) is 0. The van der Waals surface area contributed by atoms with E-state index in [9.17, 15) is 8.42 Å². The van der Waals surface area contributed by atoms with Crippen LogP contribution < -0.4 is 5.14 Å². The van der Waals surface area contributed by atoms with E-state index in [4.69, 9.17) is 5.11 Å². The molecule has 0 aliphatic carbocycles. The van der Waals surface area contributed by atoms with Crippen molar-refractivity contribution in [2.45, 2.75) is 0 Å². The first kappa shape index (κ1) is 7.61. The van der Waals surface area contributed by atoms with Gasteiger partial charge in [-0.3, -0.25) is 0 Å². The Kier molecular flexibility index (Phi) is 2.14. The zero-order valence-electron chi connectivity index (χ0n) is 4.03. The lowest BCUT2D eigenvalue weighted by atomic mass is 10.7. The third-order valence-corrected chi connectivity index (χ3v) is 1.35. The lowest BCUT2D eigenvalue weighted by Gasteiger charge is -1.92. The Labute approximate surface area is 47.7 Å². The average molecular weight is 136 g/mol. The molecule has 0 fully saturated rings. The van der Waals surface area contributed by atoms with Crippen molar-refractivity contribution in [3.05, 3.63) is 18.1 Å². The average Bonchev–Trinajstić information content (AvgIpc) is 1.62. The fourth-order valence-corrected chi connectivity index (χ4v) is 0.220. The van der Waals surface area contributed by atoms with E-state index in [0.717, 1.165) is 0 Å². The molecule has 8 heavy (non-hydrogen) atoms. The van der Waals surface area contributed by atoms with E-state index in [-0.39, 0.29) is 0 Å². The molecule has 3 N–H and O–H groups in total. The summed E-state index contributed by atoms with van der Waals surface area (Å²) in [7, 11) is -3.75. The summed E-state index contributed by atoms with van der Waals surface area (Å²) >= 11 is 0. The maximum absolute atomic E-state index is 10.0. The Bertz CT molecular complexity index is 181. The van der Waals surface area contributed by atoms with Crippen LogP contribution in [0.25, 0.3) is 0 Å². The van der Waals surface area contributed by atoms with Crippen molar-refractivity contribution < 1.29 is 13.5 Å². The lowest BCUT2D eigenvalue weighted by molar-refractivity contribution is 0.416. The van der Waals surface area contributed by atoms with Crippen molar-refractivity contribution in [1.29, 1.82) is 0 Å². The monoisotopic (exact) mass is 136 g/mol. The SMILES string of the molecule is C=C([CH]O)S(N)(=O)=O. The fourth-order valence-electron chi connectivity index (χ4n) is 0.0735. The molecule has 0 aromatic carbocycles. The smallest absolute Gasteiger partial charge is 0.236 e. The van der Waals surface area contributed by atoms with Gasteiger partial charge in [0, 0.05) is 0 Å². The number of hydrogen-bond acceptors (Lipinski definition) is 3. The predicted octanol–water partition coefficient (Wildman–Crippen LogP) is -0.677. The predicted molar refractivity (Wildman–Crippen MR) is 28.5 cm³/mol. The van der Waals surface area contributed by atoms with Gasteiger partial charge >= 0.3 is 0 Å². The highest BCUT2D eigenvalue weighted by atomic mass is 32.2. The topological polar surface area (TPSA) is 80.4 Å². The van der Waals surface area contributed by atoms with Crippen LogP contribution in [0.5, 0.6) is 0 Å². The fraction of sp³-hybridized carbons (Fsp3) is 0. The van der Waals surface area contributed by atoms with E-state index in [0.29, 0.717) is 6.61 Å². The summed E-state index contributed by atoms with van der Waals surface area (Å²) in [4.78, 5) is -0.488. The highest BCUT2D eigenvalue weighted by molar-refractivity contribution is 7.93. The summed E-state index contributed by atoms with van der Waals surface area (Å²) < 4.78 is 20.1. The Hall–Kier alpha value is -0.390. The van der Waals surface area contributed by atoms with Crippen LogP contribution in [0.2, 0.25) is 0 Å². The Morgan fingerprint density at radius 2 is 2.12 bits per heavy atom. The van der Waals surface area contributed by atoms with E-state index >= 15 is 0 Å². The van der Waals surface area contributed by atoms with E-state index in [2.05, 4.69) is 11.7 Å². The number of sulfonamides is 1. The van der Waals surface area contributed by atoms with E-state index < -0.39 is 14.9 Å². The summed E-state index contributed by atoms with van der Waals surface area (Å²) in [6.07, 6.45) is 0. The third kappa shape index (κ3) is 2.06. The maximum Gasteiger partial charge on any atom is 0.236 e. The molecule has 0 aliphatic rings. The van der Waals surface area contributed by atoms with Crippen LogP contribution >= 0.6 is 0 Å². The van der Waals surface area contributed by atoms with Crippen LogP contribution in [0, 0.1) is 6.61 Å². The second kappa shape index (κ2) is 2.25. The van der Waals surface area contributed by atoms with Gasteiger partial charge in [-0.25, -0.2) is 13.6 Å². The molecule has 0 spiro atoms. The van der Waals surface area contributed by atoms with Gasteiger partial charge in [0.05, 0.1) is 4.91 Å². The van der Waals surface area contributed by atoms with Crippen molar-refractivity contribution >= 4 is 10.0 Å². The van der Waals surface area contributed by atoms with E-state index in [1.807, 2.05) is 0 Å². The van der Waals surface area contributed by atoms with Gasteiger partial charge in [0.25, 0.3) is 0 Å². The number of aliphatic hydroxyl groups excluding tert-OH is 1. The first-order valence-corrected chi connectivity index (χ1v) is 3.22. The molecule has 0 aromatic rings. The van der Waals surface area contributed by atoms with Crippen LogP contribution in [0.1, 0.15) is 0 Å². The van der Waals surface area contributed by atoms with Crippen molar-refractivity contribution in [1.82, 2.24) is 0 Å². The van der Waals surface area contributed by atoms with E-state index in [1.54, 1.807) is 0 Å². The normalized spacial score (nSPS) is 11.2. The van der Waals surface area contributed by atoms with Crippen molar-refractivity contribution in [3.8, 4) is 0 Å². The second-order valence-corrected chi connectivity index (χ2v) is 2.75. The minimum absolute atomic E-state index is 0.343. The standard InChI is InChI=1S/C3H6NO3S/c1-3(2-5)8(4,6)7/h2,5H,1H2,(H2,4,6,7). The molecular formula is C3H6NO3S. The molecule has 0 aliphatic heterocycles. The molecule has 0 heterocycles. The molecule has 0 amide bonds. The van der Waals surface area contributed by atoms with Crippen LogP contribution in [-0.2, 0) is 10.0 Å². The molecule has 0 rings (SSSR count). The maximum atomic E-state index is 10.0. The molecule has 47 valence electrons. The van der Waals surface area contributed by atoms with Gasteiger partial charge in [-0.2, -0.15) is 0 Å². The third-order valence-electron chi connectivity index (χ3n) is 0.509. The summed E-state index contributed by atoms with van der Waals surface area (Å²) in [6.45, 7) is 3.27. The number of rotatable bonds is 2. The Morgan fingerprint density at radius 1 is 1.75 bits per heavy atom. The molecule has 0 atom stereocenters. The van der Waals surface area contributed by atoms with Crippen LogP contribution in [0.15, 0.2) is 11.5 Å². The molecule has 0 saturated heterocycles. The van der Waals surface area contributed by atoms with E-state index in [1.165, 1.54) is 0 Å². The molecule has 1 radical (unpaired) electrons.